The van der Waals surface area contributed by atoms with Crippen molar-refractivity contribution in [2.75, 3.05) is 20.8 Å². The smallest absolute Gasteiger partial charge is 0.328 e. The Balaban J connectivity index is 1.87. The molecule has 1 aromatic heterocycles. The summed E-state index contributed by atoms with van der Waals surface area (Å²) >= 11 is 0. The van der Waals surface area contributed by atoms with E-state index in [9.17, 15) is 9.59 Å². The van der Waals surface area contributed by atoms with E-state index in [0.717, 1.165) is 11.1 Å². The maximum atomic E-state index is 12.1. The number of pyridine rings is 1. The lowest BCUT2D eigenvalue weighted by molar-refractivity contribution is -0.145. The lowest BCUT2D eigenvalue weighted by atomic mass is 10.1. The van der Waals surface area contributed by atoms with Gasteiger partial charge in [0.15, 0.2) is 0 Å². The molecule has 0 bridgehead atoms. The SMILES string of the molecule is COC(=O)[C@H](Cc1ccc(OC)nc1)NC(=O)COCc1ccccc1. The second-order valence-electron chi connectivity index (χ2n) is 5.53. The molecule has 0 fully saturated rings. The fourth-order valence-corrected chi connectivity index (χ4v) is 2.30. The van der Waals surface area contributed by atoms with E-state index in [-0.39, 0.29) is 13.0 Å². The maximum Gasteiger partial charge on any atom is 0.328 e. The van der Waals surface area contributed by atoms with Gasteiger partial charge in [-0.05, 0) is 11.1 Å². The summed E-state index contributed by atoms with van der Waals surface area (Å²) in [6.45, 7) is 0.169. The van der Waals surface area contributed by atoms with E-state index in [1.54, 1.807) is 18.3 Å². The molecule has 0 aliphatic heterocycles. The van der Waals surface area contributed by atoms with Crippen LogP contribution in [0.15, 0.2) is 48.7 Å². The number of methoxy groups -OCH3 is 2. The van der Waals surface area contributed by atoms with Gasteiger partial charge >= 0.3 is 5.97 Å². The van der Waals surface area contributed by atoms with E-state index in [0.29, 0.717) is 12.5 Å². The average Bonchev–Trinajstić information content (AvgIpc) is 2.68. The largest absolute Gasteiger partial charge is 0.481 e. The Morgan fingerprint density at radius 3 is 2.46 bits per heavy atom. The number of hydrogen-bond acceptors (Lipinski definition) is 6. The predicted molar refractivity (Wildman–Crippen MR) is 94.5 cm³/mol. The quantitative estimate of drug-likeness (QED) is 0.684. The third kappa shape index (κ3) is 6.18. The van der Waals surface area contributed by atoms with Crippen LogP contribution in [0.4, 0.5) is 0 Å². The first-order chi connectivity index (χ1) is 12.6. The summed E-state index contributed by atoms with van der Waals surface area (Å²) in [5, 5.41) is 2.63. The molecule has 26 heavy (non-hydrogen) atoms. The van der Waals surface area contributed by atoms with E-state index < -0.39 is 17.9 Å². The van der Waals surface area contributed by atoms with Crippen molar-refractivity contribution in [1.29, 1.82) is 0 Å². The Bertz CT molecular complexity index is 704. The zero-order valence-electron chi connectivity index (χ0n) is 14.8. The Morgan fingerprint density at radius 2 is 1.85 bits per heavy atom. The van der Waals surface area contributed by atoms with Crippen LogP contribution in [0.2, 0.25) is 0 Å². The molecule has 0 saturated heterocycles. The molecular formula is C19H22N2O5. The second kappa shape index (κ2) is 10.1. The number of ether oxygens (including phenoxy) is 3. The number of aromatic nitrogens is 1. The number of esters is 1. The number of benzene rings is 1. The first-order valence-corrected chi connectivity index (χ1v) is 8.10. The third-order valence-electron chi connectivity index (χ3n) is 3.61. The number of carbonyl (C=O) groups excluding carboxylic acids is 2. The summed E-state index contributed by atoms with van der Waals surface area (Å²) in [6.07, 6.45) is 1.85. The van der Waals surface area contributed by atoms with Gasteiger partial charge in [0, 0.05) is 18.7 Å². The summed E-state index contributed by atoms with van der Waals surface area (Å²) in [6, 6.07) is 12.2. The third-order valence-corrected chi connectivity index (χ3v) is 3.61. The van der Waals surface area contributed by atoms with Crippen molar-refractivity contribution in [3.63, 3.8) is 0 Å². The Morgan fingerprint density at radius 1 is 1.08 bits per heavy atom. The summed E-state index contributed by atoms with van der Waals surface area (Å²) in [4.78, 5) is 28.1. The second-order valence-corrected chi connectivity index (χ2v) is 5.53. The summed E-state index contributed by atoms with van der Waals surface area (Å²) in [7, 11) is 2.80. The van der Waals surface area contributed by atoms with E-state index in [4.69, 9.17) is 14.2 Å². The number of nitrogens with one attached hydrogen (secondary N) is 1. The Kier molecular flexibility index (Phi) is 7.57. The number of rotatable bonds is 9. The predicted octanol–water partition coefficient (Wildman–Crippen LogP) is 1.51. The Hall–Kier alpha value is -2.93. The highest BCUT2D eigenvalue weighted by Crippen LogP contribution is 2.09. The molecule has 0 spiro atoms. The monoisotopic (exact) mass is 358 g/mol. The molecule has 1 atom stereocenters. The molecule has 7 nitrogen and oxygen atoms in total. The van der Waals surface area contributed by atoms with Crippen molar-refractivity contribution in [2.24, 2.45) is 0 Å². The van der Waals surface area contributed by atoms with Gasteiger partial charge in [0.2, 0.25) is 11.8 Å². The van der Waals surface area contributed by atoms with Crippen molar-refractivity contribution in [2.45, 2.75) is 19.1 Å². The van der Waals surface area contributed by atoms with Crippen LogP contribution in [0.5, 0.6) is 5.88 Å². The van der Waals surface area contributed by atoms with Crippen LogP contribution >= 0.6 is 0 Å². The first-order valence-electron chi connectivity index (χ1n) is 8.10. The number of nitrogens with zero attached hydrogens (tertiary/aromatic N) is 1. The van der Waals surface area contributed by atoms with E-state index in [1.165, 1.54) is 14.2 Å². The van der Waals surface area contributed by atoms with Crippen LogP contribution in [-0.4, -0.2) is 43.7 Å². The van der Waals surface area contributed by atoms with Gasteiger partial charge in [-0.3, -0.25) is 4.79 Å². The molecule has 1 amide bonds. The summed E-state index contributed by atoms with van der Waals surface area (Å²) in [5.41, 5.74) is 1.74. The number of carbonyl (C=O) groups is 2. The molecule has 7 heteroatoms. The lowest BCUT2D eigenvalue weighted by Crippen LogP contribution is -2.44. The van der Waals surface area contributed by atoms with Gasteiger partial charge in [0.25, 0.3) is 0 Å². The van der Waals surface area contributed by atoms with Gasteiger partial charge in [-0.15, -0.1) is 0 Å². The topological polar surface area (TPSA) is 86.8 Å². The number of hydrogen-bond donors (Lipinski definition) is 1. The Labute approximate surface area is 152 Å². The molecule has 0 radical (unpaired) electrons. The molecular weight excluding hydrogens is 336 g/mol. The zero-order chi connectivity index (χ0) is 18.8. The van der Waals surface area contributed by atoms with Crippen LogP contribution in [0, 0.1) is 0 Å². The maximum absolute atomic E-state index is 12.1. The summed E-state index contributed by atoms with van der Waals surface area (Å²) < 4.78 is 15.1. The van der Waals surface area contributed by atoms with Crippen LogP contribution in [-0.2, 0) is 32.1 Å². The van der Waals surface area contributed by atoms with Crippen LogP contribution in [0.25, 0.3) is 0 Å². The van der Waals surface area contributed by atoms with Crippen molar-refractivity contribution < 1.29 is 23.8 Å². The van der Waals surface area contributed by atoms with Crippen LogP contribution < -0.4 is 10.1 Å². The van der Waals surface area contributed by atoms with Crippen LogP contribution in [0.1, 0.15) is 11.1 Å². The van der Waals surface area contributed by atoms with Gasteiger partial charge in [-0.2, -0.15) is 0 Å². The van der Waals surface area contributed by atoms with Gasteiger partial charge in [-0.25, -0.2) is 9.78 Å². The van der Waals surface area contributed by atoms with Crippen molar-refractivity contribution >= 4 is 11.9 Å². The highest BCUT2D eigenvalue weighted by atomic mass is 16.5. The highest BCUT2D eigenvalue weighted by molar-refractivity contribution is 5.85. The van der Waals surface area contributed by atoms with E-state index in [1.807, 2.05) is 30.3 Å². The van der Waals surface area contributed by atoms with Gasteiger partial charge < -0.3 is 19.5 Å². The molecule has 1 aromatic carbocycles. The fourth-order valence-electron chi connectivity index (χ4n) is 2.30. The fraction of sp³-hybridized carbons (Fsp3) is 0.316. The molecule has 2 aromatic rings. The molecule has 1 heterocycles. The molecule has 0 saturated carbocycles. The normalized spacial score (nSPS) is 11.5. The molecule has 0 unspecified atom stereocenters. The number of amides is 1. The molecule has 2 rings (SSSR count). The lowest BCUT2D eigenvalue weighted by Gasteiger charge is -2.16. The van der Waals surface area contributed by atoms with Gasteiger partial charge in [-0.1, -0.05) is 36.4 Å². The minimum absolute atomic E-state index is 0.150. The zero-order valence-corrected chi connectivity index (χ0v) is 14.8. The molecule has 1 N–H and O–H groups in total. The minimum atomic E-state index is -0.817. The first kappa shape index (κ1) is 19.4. The van der Waals surface area contributed by atoms with Gasteiger partial charge in [0.1, 0.15) is 12.6 Å². The van der Waals surface area contributed by atoms with Crippen molar-refractivity contribution in [1.82, 2.24) is 10.3 Å². The van der Waals surface area contributed by atoms with E-state index >= 15 is 0 Å². The molecule has 0 aliphatic rings. The van der Waals surface area contributed by atoms with Crippen molar-refractivity contribution in [3.8, 4) is 5.88 Å². The molecule has 0 aliphatic carbocycles. The van der Waals surface area contributed by atoms with Crippen molar-refractivity contribution in [3.05, 3.63) is 59.8 Å². The summed E-state index contributed by atoms with van der Waals surface area (Å²) in [5.74, 6) is -0.447. The van der Waals surface area contributed by atoms with Gasteiger partial charge in [0.05, 0.1) is 20.8 Å². The van der Waals surface area contributed by atoms with E-state index in [2.05, 4.69) is 10.3 Å². The average molecular weight is 358 g/mol. The highest BCUT2D eigenvalue weighted by Gasteiger charge is 2.22. The minimum Gasteiger partial charge on any atom is -0.481 e. The van der Waals surface area contributed by atoms with Crippen LogP contribution in [0.3, 0.4) is 0 Å². The molecule has 138 valence electrons. The standard InChI is InChI=1S/C19H22N2O5/c1-24-18-9-8-15(11-20-18)10-16(19(23)25-2)21-17(22)13-26-12-14-6-4-3-5-7-14/h3-9,11,16H,10,12-13H2,1-2H3,(H,21,22)/t16-/m0/s1.